The molecule has 2 N–H and O–H groups in total. The van der Waals surface area contributed by atoms with Crippen LogP contribution in [-0.4, -0.2) is 26.5 Å². The summed E-state index contributed by atoms with van der Waals surface area (Å²) in [4.78, 5) is 1.14. The predicted molar refractivity (Wildman–Crippen MR) is 82.3 cm³/mol. The second-order valence-corrected chi connectivity index (χ2v) is 7.91. The van der Waals surface area contributed by atoms with Crippen LogP contribution in [0.15, 0.2) is 46.0 Å². The van der Waals surface area contributed by atoms with Crippen LogP contribution in [0.4, 0.5) is 4.39 Å². The lowest BCUT2D eigenvalue weighted by molar-refractivity contribution is 0.582. The Bertz CT molecular complexity index is 551. The monoisotopic (exact) mass is 317 g/mol. The first-order valence-corrected chi connectivity index (χ1v) is 8.99. The second kappa shape index (κ2) is 7.81. The Balaban J connectivity index is 2.72. The summed E-state index contributed by atoms with van der Waals surface area (Å²) < 4.78 is 37.2. The van der Waals surface area contributed by atoms with Gasteiger partial charge in [0.05, 0.1) is 10.6 Å². The molecular formula is C14H20FNO2S2. The van der Waals surface area contributed by atoms with Crippen LogP contribution < -0.4 is 5.73 Å². The maximum atomic E-state index is 13.2. The molecule has 0 aliphatic heterocycles. The van der Waals surface area contributed by atoms with Gasteiger partial charge in [0.15, 0.2) is 9.84 Å². The molecule has 0 saturated heterocycles. The fourth-order valence-corrected chi connectivity index (χ4v) is 3.99. The summed E-state index contributed by atoms with van der Waals surface area (Å²) in [6, 6.07) is 6.55. The molecule has 0 aliphatic rings. The molecule has 1 rings (SSSR count). The third-order valence-corrected chi connectivity index (χ3v) is 5.57. The first-order chi connectivity index (χ1) is 9.35. The maximum absolute atomic E-state index is 13.2. The summed E-state index contributed by atoms with van der Waals surface area (Å²) in [5.41, 5.74) is 5.21. The number of hydrogen-bond donors (Lipinski definition) is 1. The number of thioether (sulfide) groups is 1. The minimum absolute atomic E-state index is 0.0875. The molecule has 0 unspecified atom stereocenters. The highest BCUT2D eigenvalue weighted by Crippen LogP contribution is 2.23. The Morgan fingerprint density at radius 2 is 1.95 bits per heavy atom. The predicted octanol–water partition coefficient (Wildman–Crippen LogP) is 3.02. The summed E-state index contributed by atoms with van der Waals surface area (Å²) in [6.45, 7) is 3.92. The molecule has 1 aromatic rings. The molecule has 3 nitrogen and oxygen atoms in total. The van der Waals surface area contributed by atoms with Gasteiger partial charge in [-0.1, -0.05) is 13.8 Å². The Kier molecular flexibility index (Phi) is 6.71. The van der Waals surface area contributed by atoms with Gasteiger partial charge < -0.3 is 5.73 Å². The van der Waals surface area contributed by atoms with Gasteiger partial charge in [-0.15, -0.1) is 11.8 Å². The van der Waals surface area contributed by atoms with Crippen molar-refractivity contribution in [2.45, 2.75) is 23.6 Å². The van der Waals surface area contributed by atoms with E-state index in [-0.39, 0.29) is 29.8 Å². The molecule has 0 fully saturated rings. The lowest BCUT2D eigenvalue weighted by Crippen LogP contribution is -2.11. The van der Waals surface area contributed by atoms with Gasteiger partial charge in [0.1, 0.15) is 5.83 Å². The SMILES string of the molecule is CC(C)CS(=O)(=O)c1ccc(SCC(F)=CCN)cc1. The topological polar surface area (TPSA) is 60.2 Å². The third kappa shape index (κ3) is 5.64. The van der Waals surface area contributed by atoms with E-state index in [0.717, 1.165) is 4.90 Å². The number of hydrogen-bond acceptors (Lipinski definition) is 4. The zero-order valence-electron chi connectivity index (χ0n) is 11.7. The summed E-state index contributed by atoms with van der Waals surface area (Å²) >= 11 is 1.31. The molecule has 112 valence electrons. The summed E-state index contributed by atoms with van der Waals surface area (Å²) in [5.74, 6) is 0.154. The Labute approximate surface area is 124 Å². The molecule has 0 aromatic heterocycles. The molecule has 1 aromatic carbocycles. The summed E-state index contributed by atoms with van der Waals surface area (Å²) in [5, 5.41) is 0. The quantitative estimate of drug-likeness (QED) is 0.785. The van der Waals surface area contributed by atoms with E-state index >= 15 is 0 Å². The van der Waals surface area contributed by atoms with Crippen LogP contribution in [0.3, 0.4) is 0 Å². The van der Waals surface area contributed by atoms with E-state index in [4.69, 9.17) is 5.73 Å². The molecule has 0 bridgehead atoms. The third-order valence-electron chi connectivity index (χ3n) is 2.45. The smallest absolute Gasteiger partial charge is 0.178 e. The van der Waals surface area contributed by atoms with E-state index < -0.39 is 9.84 Å². The van der Waals surface area contributed by atoms with Crippen molar-refractivity contribution in [2.75, 3.05) is 18.1 Å². The molecule has 0 heterocycles. The number of sulfone groups is 1. The van der Waals surface area contributed by atoms with Gasteiger partial charge in [-0.2, -0.15) is 0 Å². The highest BCUT2D eigenvalue weighted by molar-refractivity contribution is 7.99. The molecule has 0 radical (unpaired) electrons. The first kappa shape index (κ1) is 17.2. The van der Waals surface area contributed by atoms with Crippen LogP contribution in [0.2, 0.25) is 0 Å². The van der Waals surface area contributed by atoms with Crippen LogP contribution in [0, 0.1) is 5.92 Å². The minimum Gasteiger partial charge on any atom is -0.327 e. The average molecular weight is 317 g/mol. The van der Waals surface area contributed by atoms with Crippen molar-refractivity contribution < 1.29 is 12.8 Å². The van der Waals surface area contributed by atoms with Crippen molar-refractivity contribution in [3.63, 3.8) is 0 Å². The van der Waals surface area contributed by atoms with Crippen LogP contribution in [0.25, 0.3) is 0 Å². The van der Waals surface area contributed by atoms with E-state index in [2.05, 4.69) is 0 Å². The van der Waals surface area contributed by atoms with Crippen molar-refractivity contribution >= 4 is 21.6 Å². The van der Waals surface area contributed by atoms with Gasteiger partial charge in [-0.05, 0) is 36.3 Å². The Morgan fingerprint density at radius 1 is 1.35 bits per heavy atom. The number of halogens is 1. The molecule has 20 heavy (non-hydrogen) atoms. The molecule has 0 aliphatic carbocycles. The standard InChI is InChI=1S/C14H20FNO2S2/c1-11(2)10-20(17,18)14-5-3-13(4-6-14)19-9-12(15)7-8-16/h3-7,11H,8-10,16H2,1-2H3. The van der Waals surface area contributed by atoms with E-state index in [1.807, 2.05) is 13.8 Å². The Morgan fingerprint density at radius 3 is 2.45 bits per heavy atom. The fourth-order valence-electron chi connectivity index (χ4n) is 1.62. The van der Waals surface area contributed by atoms with Crippen LogP contribution >= 0.6 is 11.8 Å². The minimum atomic E-state index is -3.23. The van der Waals surface area contributed by atoms with Gasteiger partial charge in [0, 0.05) is 17.2 Å². The first-order valence-electron chi connectivity index (χ1n) is 6.35. The van der Waals surface area contributed by atoms with Crippen molar-refractivity contribution in [1.29, 1.82) is 0 Å². The number of benzene rings is 1. The fraction of sp³-hybridized carbons (Fsp3) is 0.429. The van der Waals surface area contributed by atoms with Crippen LogP contribution in [0.5, 0.6) is 0 Å². The molecule has 0 amide bonds. The van der Waals surface area contributed by atoms with E-state index in [9.17, 15) is 12.8 Å². The van der Waals surface area contributed by atoms with Crippen LogP contribution in [0.1, 0.15) is 13.8 Å². The molecule has 6 heteroatoms. The maximum Gasteiger partial charge on any atom is 0.178 e. The molecule has 0 spiro atoms. The summed E-state index contributed by atoms with van der Waals surface area (Å²) in [7, 11) is -3.23. The summed E-state index contributed by atoms with van der Waals surface area (Å²) in [6.07, 6.45) is 1.33. The van der Waals surface area contributed by atoms with Gasteiger partial charge in [-0.3, -0.25) is 0 Å². The zero-order chi connectivity index (χ0) is 15.2. The van der Waals surface area contributed by atoms with E-state index in [1.165, 1.54) is 17.8 Å². The van der Waals surface area contributed by atoms with Crippen molar-refractivity contribution in [1.82, 2.24) is 0 Å². The molecule has 0 atom stereocenters. The molecule has 0 saturated carbocycles. The van der Waals surface area contributed by atoms with E-state index in [1.54, 1.807) is 24.3 Å². The average Bonchev–Trinajstić information content (AvgIpc) is 2.36. The van der Waals surface area contributed by atoms with Gasteiger partial charge in [-0.25, -0.2) is 12.8 Å². The second-order valence-electron chi connectivity index (χ2n) is 4.82. The number of nitrogens with two attached hydrogens (primary N) is 1. The van der Waals surface area contributed by atoms with E-state index in [0.29, 0.717) is 4.90 Å². The molecular weight excluding hydrogens is 297 g/mol. The highest BCUT2D eigenvalue weighted by atomic mass is 32.2. The zero-order valence-corrected chi connectivity index (χ0v) is 13.3. The van der Waals surface area contributed by atoms with Crippen molar-refractivity contribution in [3.05, 3.63) is 36.2 Å². The van der Waals surface area contributed by atoms with Gasteiger partial charge >= 0.3 is 0 Å². The van der Waals surface area contributed by atoms with Crippen molar-refractivity contribution in [3.8, 4) is 0 Å². The normalized spacial score (nSPS) is 12.9. The van der Waals surface area contributed by atoms with Crippen molar-refractivity contribution in [2.24, 2.45) is 11.7 Å². The number of rotatable bonds is 7. The Hall–Kier alpha value is -0.850. The van der Waals surface area contributed by atoms with Crippen LogP contribution in [-0.2, 0) is 9.84 Å². The largest absolute Gasteiger partial charge is 0.327 e. The highest BCUT2D eigenvalue weighted by Gasteiger charge is 2.16. The lowest BCUT2D eigenvalue weighted by Gasteiger charge is -2.07. The van der Waals surface area contributed by atoms with Gasteiger partial charge in [0.2, 0.25) is 0 Å². The van der Waals surface area contributed by atoms with Gasteiger partial charge in [0.25, 0.3) is 0 Å². The lowest BCUT2D eigenvalue weighted by atomic mass is 10.3.